The maximum atomic E-state index is 10.6. The van der Waals surface area contributed by atoms with Crippen LogP contribution < -0.4 is 21.1 Å². The van der Waals surface area contributed by atoms with Crippen molar-refractivity contribution in [3.63, 3.8) is 0 Å². The molecule has 2 unspecified atom stereocenters. The van der Waals surface area contributed by atoms with Crippen molar-refractivity contribution in [1.82, 2.24) is 5.32 Å². The normalized spacial score (nSPS) is 16.1. The number of ether oxygens (including phenoxy) is 2. The van der Waals surface area contributed by atoms with Crippen LogP contribution in [0.4, 0.5) is 5.69 Å². The number of anilines is 1. The van der Waals surface area contributed by atoms with Crippen LogP contribution in [0.1, 0.15) is 24.1 Å². The Kier molecular flexibility index (Phi) is 9.45. The number of nitrogens with two attached hydrogens (primary N) is 1. The molecule has 164 valence electrons. The van der Waals surface area contributed by atoms with E-state index >= 15 is 0 Å². The zero-order chi connectivity index (χ0) is 22.6. The van der Waals surface area contributed by atoms with Gasteiger partial charge >= 0.3 is 0 Å². The molecule has 0 saturated heterocycles. The fourth-order valence-electron chi connectivity index (χ4n) is 2.73. The van der Waals surface area contributed by atoms with E-state index in [1.165, 1.54) is 7.11 Å². The van der Waals surface area contributed by atoms with Gasteiger partial charge in [0.25, 0.3) is 6.02 Å². The first kappa shape index (κ1) is 23.8. The van der Waals surface area contributed by atoms with E-state index in [0.717, 1.165) is 21.9 Å². The van der Waals surface area contributed by atoms with Gasteiger partial charge in [0, 0.05) is 17.9 Å². The van der Waals surface area contributed by atoms with Gasteiger partial charge in [-0.05, 0) is 48.4 Å². The Morgan fingerprint density at radius 1 is 1.23 bits per heavy atom. The zero-order valence-corrected chi connectivity index (χ0v) is 18.5. The van der Waals surface area contributed by atoms with Crippen LogP contribution in [0.2, 0.25) is 0 Å². The molecule has 0 radical (unpaired) electrons. The number of carbonyl (C=O) groups is 1. The van der Waals surface area contributed by atoms with Crippen molar-refractivity contribution in [2.24, 2.45) is 10.7 Å². The Morgan fingerprint density at radius 2 is 1.97 bits per heavy atom. The summed E-state index contributed by atoms with van der Waals surface area (Å²) in [5.41, 5.74) is 8.22. The summed E-state index contributed by atoms with van der Waals surface area (Å²) in [5, 5.41) is 6.45. The van der Waals surface area contributed by atoms with Crippen molar-refractivity contribution >= 4 is 29.7 Å². The van der Waals surface area contributed by atoms with Crippen molar-refractivity contribution < 1.29 is 14.3 Å². The SMILES string of the molecule is CC1C=CC(Cl)=CN1.COC(N)=NC(c1ccc(OC)cc1)c1cccc(NC=O)c1. The van der Waals surface area contributed by atoms with Crippen LogP contribution >= 0.6 is 11.6 Å². The number of nitrogens with zero attached hydrogens (tertiary/aromatic N) is 1. The van der Waals surface area contributed by atoms with E-state index in [0.29, 0.717) is 18.1 Å². The maximum Gasteiger partial charge on any atom is 0.282 e. The van der Waals surface area contributed by atoms with Gasteiger partial charge in [0.05, 0.1) is 19.3 Å². The third-order valence-corrected chi connectivity index (χ3v) is 4.59. The van der Waals surface area contributed by atoms with Crippen molar-refractivity contribution in [3.05, 3.63) is 83.0 Å². The van der Waals surface area contributed by atoms with Crippen LogP contribution in [-0.2, 0) is 9.53 Å². The highest BCUT2D eigenvalue weighted by Crippen LogP contribution is 2.29. The number of methoxy groups -OCH3 is 2. The van der Waals surface area contributed by atoms with E-state index in [1.807, 2.05) is 54.6 Å². The predicted octanol–water partition coefficient (Wildman–Crippen LogP) is 3.93. The maximum absolute atomic E-state index is 10.6. The zero-order valence-electron chi connectivity index (χ0n) is 17.7. The lowest BCUT2D eigenvalue weighted by Crippen LogP contribution is -2.19. The van der Waals surface area contributed by atoms with Crippen molar-refractivity contribution in [2.45, 2.75) is 19.0 Å². The number of amidine groups is 1. The third kappa shape index (κ3) is 7.71. The number of benzene rings is 2. The molecule has 2 aromatic rings. The van der Waals surface area contributed by atoms with Crippen molar-refractivity contribution in [3.8, 4) is 5.75 Å². The second-order valence-corrected chi connectivity index (χ2v) is 7.01. The molecule has 1 aliphatic rings. The second-order valence-electron chi connectivity index (χ2n) is 6.58. The molecular formula is C23H27ClN4O3. The molecule has 0 fully saturated rings. The summed E-state index contributed by atoms with van der Waals surface area (Å²) in [4.78, 5) is 15.0. The molecule has 8 heteroatoms. The number of hydrogen-bond acceptors (Lipinski definition) is 5. The molecule has 31 heavy (non-hydrogen) atoms. The van der Waals surface area contributed by atoms with Gasteiger partial charge in [0.2, 0.25) is 6.41 Å². The Labute approximate surface area is 187 Å². The molecule has 4 N–H and O–H groups in total. The van der Waals surface area contributed by atoms with Crippen LogP contribution in [-0.4, -0.2) is 32.7 Å². The lowest BCUT2D eigenvalue weighted by Gasteiger charge is -2.16. The Morgan fingerprint density at radius 3 is 2.52 bits per heavy atom. The average molecular weight is 443 g/mol. The molecular weight excluding hydrogens is 416 g/mol. The van der Waals surface area contributed by atoms with Crippen molar-refractivity contribution in [2.75, 3.05) is 19.5 Å². The molecule has 0 spiro atoms. The van der Waals surface area contributed by atoms with Gasteiger partial charge < -0.3 is 25.8 Å². The number of nitrogens with one attached hydrogen (secondary N) is 2. The summed E-state index contributed by atoms with van der Waals surface area (Å²) < 4.78 is 10.2. The largest absolute Gasteiger partial charge is 0.497 e. The molecule has 3 rings (SSSR count). The summed E-state index contributed by atoms with van der Waals surface area (Å²) in [6.45, 7) is 2.07. The van der Waals surface area contributed by atoms with Gasteiger partial charge in [0.15, 0.2) is 0 Å². The predicted molar refractivity (Wildman–Crippen MR) is 125 cm³/mol. The quantitative estimate of drug-likeness (QED) is 0.357. The smallest absolute Gasteiger partial charge is 0.282 e. The molecule has 2 aromatic carbocycles. The Bertz CT molecular complexity index is 942. The molecule has 0 bridgehead atoms. The Balaban J connectivity index is 0.000000357. The summed E-state index contributed by atoms with van der Waals surface area (Å²) in [5.74, 6) is 0.757. The lowest BCUT2D eigenvalue weighted by atomic mass is 9.98. The van der Waals surface area contributed by atoms with Gasteiger partial charge in [-0.2, -0.15) is 0 Å². The lowest BCUT2D eigenvalue weighted by molar-refractivity contribution is -0.105. The molecule has 7 nitrogen and oxygen atoms in total. The standard InChI is InChI=1S/C17H19N3O3.C6H8ClN/c1-22-15-8-6-12(7-9-15)16(20-17(18)23-2)13-4-3-5-14(10-13)19-11-21;1-5-2-3-6(7)4-8-5/h3-11,16H,1-2H3,(H2,18,20)(H,19,21);2-5,8H,1H3. The van der Waals surface area contributed by atoms with Gasteiger partial charge in [-0.1, -0.05) is 41.9 Å². The highest BCUT2D eigenvalue weighted by atomic mass is 35.5. The number of hydrogen-bond donors (Lipinski definition) is 3. The fourth-order valence-corrected chi connectivity index (χ4v) is 2.86. The molecule has 1 heterocycles. The molecule has 0 aliphatic carbocycles. The minimum Gasteiger partial charge on any atom is -0.497 e. The van der Waals surface area contributed by atoms with Gasteiger partial charge in [-0.15, -0.1) is 0 Å². The number of allylic oxidation sites excluding steroid dienone is 2. The Hall–Kier alpha value is -3.45. The number of dihydropyridines is 1. The fraction of sp³-hybridized carbons (Fsp3) is 0.217. The van der Waals surface area contributed by atoms with Crippen LogP contribution in [0.15, 0.2) is 76.9 Å². The molecule has 0 aromatic heterocycles. The van der Waals surface area contributed by atoms with Crippen molar-refractivity contribution in [1.29, 1.82) is 0 Å². The number of amides is 1. The van der Waals surface area contributed by atoms with Gasteiger partial charge in [0.1, 0.15) is 11.8 Å². The molecule has 1 amide bonds. The van der Waals surface area contributed by atoms with Crippen LogP contribution in [0, 0.1) is 0 Å². The third-order valence-electron chi connectivity index (χ3n) is 4.35. The topological polar surface area (TPSA) is 98.0 Å². The minimum absolute atomic E-state index is 0.0829. The summed E-state index contributed by atoms with van der Waals surface area (Å²) in [7, 11) is 3.08. The second kappa shape index (κ2) is 12.3. The van der Waals surface area contributed by atoms with Gasteiger partial charge in [-0.25, -0.2) is 4.99 Å². The van der Waals surface area contributed by atoms with Gasteiger partial charge in [-0.3, -0.25) is 4.79 Å². The van der Waals surface area contributed by atoms with E-state index in [9.17, 15) is 4.79 Å². The first-order chi connectivity index (χ1) is 15.0. The highest BCUT2D eigenvalue weighted by Gasteiger charge is 2.15. The van der Waals surface area contributed by atoms with Crippen LogP contribution in [0.3, 0.4) is 0 Å². The molecule has 1 aliphatic heterocycles. The summed E-state index contributed by atoms with van der Waals surface area (Å²) in [6.07, 6.45) is 6.34. The van der Waals surface area contributed by atoms with E-state index in [4.69, 9.17) is 26.8 Å². The average Bonchev–Trinajstić information content (AvgIpc) is 2.80. The van der Waals surface area contributed by atoms with E-state index in [1.54, 1.807) is 19.4 Å². The van der Waals surface area contributed by atoms with E-state index in [-0.39, 0.29) is 12.1 Å². The van der Waals surface area contributed by atoms with Crippen LogP contribution in [0.25, 0.3) is 0 Å². The van der Waals surface area contributed by atoms with E-state index < -0.39 is 0 Å². The number of carbonyl (C=O) groups excluding carboxylic acids is 1. The molecule has 2 atom stereocenters. The minimum atomic E-state index is -0.353. The first-order valence-electron chi connectivity index (χ1n) is 9.58. The number of rotatable bonds is 6. The summed E-state index contributed by atoms with van der Waals surface area (Å²) in [6, 6.07) is 15.1. The monoisotopic (exact) mass is 442 g/mol. The number of halogens is 1. The summed E-state index contributed by atoms with van der Waals surface area (Å²) >= 11 is 5.59. The van der Waals surface area contributed by atoms with Crippen LogP contribution in [0.5, 0.6) is 5.75 Å². The first-order valence-corrected chi connectivity index (χ1v) is 9.96. The van der Waals surface area contributed by atoms with E-state index in [2.05, 4.69) is 22.5 Å². The highest BCUT2D eigenvalue weighted by molar-refractivity contribution is 6.31. The molecule has 0 saturated carbocycles. The number of aliphatic imine (C=N–C) groups is 1.